The van der Waals surface area contributed by atoms with Crippen LogP contribution in [0.3, 0.4) is 0 Å². The number of benzene rings is 1. The molecule has 0 unspecified atom stereocenters. The van der Waals surface area contributed by atoms with Gasteiger partial charge in [0.2, 0.25) is 5.91 Å². The predicted octanol–water partition coefficient (Wildman–Crippen LogP) is 3.00. The number of amides is 1. The van der Waals surface area contributed by atoms with Crippen LogP contribution in [-0.2, 0) is 11.2 Å². The third kappa shape index (κ3) is 6.07. The summed E-state index contributed by atoms with van der Waals surface area (Å²) in [5.74, 6) is 1.19. The fourth-order valence-electron chi connectivity index (χ4n) is 3.08. The summed E-state index contributed by atoms with van der Waals surface area (Å²) in [7, 11) is 0. The standard InChI is InChI=1S/C22H28N6O/c1-3-23-22(24-13-11-17-15-26-19-9-5-4-8-18(17)19)25-14-12-21(29)28-20-10-6-7-16(2)27-20/h4-10,15,26H,3,11-14H2,1-2H3,(H2,23,24,25)(H,27,28,29). The van der Waals surface area contributed by atoms with Crippen LogP contribution in [0.4, 0.5) is 5.82 Å². The monoisotopic (exact) mass is 392 g/mol. The zero-order valence-corrected chi connectivity index (χ0v) is 17.0. The topological polar surface area (TPSA) is 94.2 Å². The van der Waals surface area contributed by atoms with E-state index >= 15 is 0 Å². The third-order valence-electron chi connectivity index (χ3n) is 4.47. The van der Waals surface area contributed by atoms with E-state index < -0.39 is 0 Å². The number of para-hydroxylation sites is 1. The second-order valence-electron chi connectivity index (χ2n) is 6.76. The lowest BCUT2D eigenvalue weighted by molar-refractivity contribution is -0.116. The first-order valence-electron chi connectivity index (χ1n) is 9.96. The smallest absolute Gasteiger partial charge is 0.227 e. The molecule has 3 aromatic rings. The molecule has 7 nitrogen and oxygen atoms in total. The molecule has 3 rings (SSSR count). The lowest BCUT2D eigenvalue weighted by Gasteiger charge is -2.11. The third-order valence-corrected chi connectivity index (χ3v) is 4.47. The highest BCUT2D eigenvalue weighted by Crippen LogP contribution is 2.17. The number of aromatic nitrogens is 2. The maximum absolute atomic E-state index is 12.1. The van der Waals surface area contributed by atoms with Crippen molar-refractivity contribution in [3.63, 3.8) is 0 Å². The van der Waals surface area contributed by atoms with Gasteiger partial charge < -0.3 is 20.9 Å². The van der Waals surface area contributed by atoms with Gasteiger partial charge in [0.1, 0.15) is 5.82 Å². The molecule has 0 spiro atoms. The molecule has 7 heteroatoms. The molecule has 152 valence electrons. The van der Waals surface area contributed by atoms with E-state index in [-0.39, 0.29) is 5.91 Å². The van der Waals surface area contributed by atoms with Crippen LogP contribution in [0.2, 0.25) is 0 Å². The Morgan fingerprint density at radius 1 is 1.14 bits per heavy atom. The molecule has 0 aliphatic heterocycles. The van der Waals surface area contributed by atoms with Gasteiger partial charge in [0.25, 0.3) is 0 Å². The number of nitrogens with one attached hydrogen (secondary N) is 4. The molecule has 1 aromatic carbocycles. The van der Waals surface area contributed by atoms with Crippen LogP contribution in [0.15, 0.2) is 53.7 Å². The fourth-order valence-corrected chi connectivity index (χ4v) is 3.08. The molecule has 0 aliphatic rings. The molecule has 0 aliphatic carbocycles. The molecule has 0 radical (unpaired) electrons. The second-order valence-corrected chi connectivity index (χ2v) is 6.76. The highest BCUT2D eigenvalue weighted by atomic mass is 16.1. The average molecular weight is 393 g/mol. The molecule has 29 heavy (non-hydrogen) atoms. The predicted molar refractivity (Wildman–Crippen MR) is 118 cm³/mol. The van der Waals surface area contributed by atoms with Gasteiger partial charge in [-0.3, -0.25) is 9.79 Å². The van der Waals surface area contributed by atoms with Crippen LogP contribution in [0.25, 0.3) is 10.9 Å². The molecular weight excluding hydrogens is 364 g/mol. The number of carbonyl (C=O) groups excluding carboxylic acids is 1. The molecule has 0 atom stereocenters. The van der Waals surface area contributed by atoms with Gasteiger partial charge in [-0.15, -0.1) is 0 Å². The molecular formula is C22H28N6O. The van der Waals surface area contributed by atoms with Crippen molar-refractivity contribution >= 4 is 28.6 Å². The zero-order valence-electron chi connectivity index (χ0n) is 17.0. The largest absolute Gasteiger partial charge is 0.361 e. The first-order valence-corrected chi connectivity index (χ1v) is 9.96. The normalized spacial score (nSPS) is 11.4. The molecule has 2 aromatic heterocycles. The minimum atomic E-state index is -0.0958. The first-order chi connectivity index (χ1) is 14.2. The van der Waals surface area contributed by atoms with Gasteiger partial charge in [-0.05, 0) is 44.0 Å². The maximum Gasteiger partial charge on any atom is 0.227 e. The van der Waals surface area contributed by atoms with Crippen LogP contribution in [0.5, 0.6) is 0 Å². The summed E-state index contributed by atoms with van der Waals surface area (Å²) in [6.07, 6.45) is 3.24. The van der Waals surface area contributed by atoms with Gasteiger partial charge in [-0.1, -0.05) is 24.3 Å². The minimum Gasteiger partial charge on any atom is -0.361 e. The van der Waals surface area contributed by atoms with E-state index in [0.717, 1.165) is 30.7 Å². The Labute approximate surface area is 171 Å². The van der Waals surface area contributed by atoms with E-state index in [4.69, 9.17) is 0 Å². The van der Waals surface area contributed by atoms with Gasteiger partial charge in [0.15, 0.2) is 5.96 Å². The number of hydrogen-bond donors (Lipinski definition) is 4. The van der Waals surface area contributed by atoms with Crippen molar-refractivity contribution in [2.75, 3.05) is 25.0 Å². The summed E-state index contributed by atoms with van der Waals surface area (Å²) in [6.45, 7) is 5.84. The van der Waals surface area contributed by atoms with Gasteiger partial charge in [-0.2, -0.15) is 0 Å². The van der Waals surface area contributed by atoms with E-state index in [1.165, 1.54) is 10.9 Å². The van der Waals surface area contributed by atoms with Crippen molar-refractivity contribution in [1.82, 2.24) is 20.6 Å². The fraction of sp³-hybridized carbons (Fsp3) is 0.318. The van der Waals surface area contributed by atoms with Crippen molar-refractivity contribution in [2.24, 2.45) is 4.99 Å². The molecule has 4 N–H and O–H groups in total. The van der Waals surface area contributed by atoms with E-state index in [0.29, 0.717) is 24.7 Å². The first kappa shape index (κ1) is 20.4. The molecule has 1 amide bonds. The Bertz CT molecular complexity index is 978. The molecule has 0 fully saturated rings. The number of rotatable bonds is 8. The lowest BCUT2D eigenvalue weighted by Crippen LogP contribution is -2.38. The van der Waals surface area contributed by atoms with E-state index in [1.54, 1.807) is 6.07 Å². The van der Waals surface area contributed by atoms with E-state index in [2.05, 4.69) is 55.3 Å². The van der Waals surface area contributed by atoms with Crippen LogP contribution in [0.1, 0.15) is 24.6 Å². The summed E-state index contributed by atoms with van der Waals surface area (Å²) >= 11 is 0. The average Bonchev–Trinajstić information content (AvgIpc) is 3.11. The van der Waals surface area contributed by atoms with Crippen LogP contribution in [-0.4, -0.2) is 41.5 Å². The molecule has 0 saturated heterocycles. The maximum atomic E-state index is 12.1. The Morgan fingerprint density at radius 2 is 2.00 bits per heavy atom. The Balaban J connectivity index is 1.47. The second kappa shape index (κ2) is 10.3. The summed E-state index contributed by atoms with van der Waals surface area (Å²) in [6, 6.07) is 13.8. The number of anilines is 1. The van der Waals surface area contributed by atoms with Crippen molar-refractivity contribution in [1.29, 1.82) is 0 Å². The number of H-pyrrole nitrogens is 1. The summed E-state index contributed by atoms with van der Waals surface area (Å²) < 4.78 is 0. The Morgan fingerprint density at radius 3 is 2.83 bits per heavy atom. The lowest BCUT2D eigenvalue weighted by atomic mass is 10.1. The highest BCUT2D eigenvalue weighted by molar-refractivity contribution is 5.90. The van der Waals surface area contributed by atoms with Crippen molar-refractivity contribution < 1.29 is 4.79 Å². The highest BCUT2D eigenvalue weighted by Gasteiger charge is 2.05. The zero-order chi connectivity index (χ0) is 20.5. The Kier molecular flexibility index (Phi) is 7.22. The number of pyridine rings is 1. The van der Waals surface area contributed by atoms with Crippen LogP contribution < -0.4 is 16.0 Å². The minimum absolute atomic E-state index is 0.0958. The number of aryl methyl sites for hydroxylation is 1. The van der Waals surface area contributed by atoms with Gasteiger partial charge in [0.05, 0.1) is 6.54 Å². The number of aromatic amines is 1. The Hall–Kier alpha value is -3.35. The number of aliphatic imine (C=N–C) groups is 1. The van der Waals surface area contributed by atoms with Gasteiger partial charge >= 0.3 is 0 Å². The molecule has 0 saturated carbocycles. The van der Waals surface area contributed by atoms with E-state index in [9.17, 15) is 4.79 Å². The number of nitrogens with zero attached hydrogens (tertiary/aromatic N) is 2. The van der Waals surface area contributed by atoms with Crippen molar-refractivity contribution in [2.45, 2.75) is 26.7 Å². The number of hydrogen-bond acceptors (Lipinski definition) is 3. The van der Waals surface area contributed by atoms with Crippen molar-refractivity contribution in [3.8, 4) is 0 Å². The van der Waals surface area contributed by atoms with Gasteiger partial charge in [0, 0.05) is 42.3 Å². The quantitative estimate of drug-likeness (QED) is 0.350. The SMILES string of the molecule is CCNC(=NCCC(=O)Nc1cccc(C)n1)NCCc1c[nH]c2ccccc12. The number of fused-ring (bicyclic) bond motifs is 1. The molecule has 0 bridgehead atoms. The number of carbonyl (C=O) groups is 1. The molecule has 2 heterocycles. The summed E-state index contributed by atoms with van der Waals surface area (Å²) in [4.78, 5) is 24.2. The number of guanidine groups is 1. The van der Waals surface area contributed by atoms with E-state index in [1.807, 2.05) is 32.0 Å². The van der Waals surface area contributed by atoms with Crippen LogP contribution in [0, 0.1) is 6.92 Å². The van der Waals surface area contributed by atoms with Gasteiger partial charge in [-0.25, -0.2) is 4.98 Å². The van der Waals surface area contributed by atoms with Crippen LogP contribution >= 0.6 is 0 Å². The van der Waals surface area contributed by atoms with Crippen molar-refractivity contribution in [3.05, 3.63) is 59.9 Å². The summed E-state index contributed by atoms with van der Waals surface area (Å²) in [5, 5.41) is 10.6. The summed E-state index contributed by atoms with van der Waals surface area (Å²) in [5.41, 5.74) is 3.29.